The van der Waals surface area contributed by atoms with E-state index >= 15 is 0 Å². The number of pyridine rings is 1. The van der Waals surface area contributed by atoms with Gasteiger partial charge in [0.25, 0.3) is 5.91 Å². The number of hydrogen-bond acceptors (Lipinski definition) is 8. The van der Waals surface area contributed by atoms with Gasteiger partial charge in [-0.3, -0.25) is 4.79 Å². The first-order valence-electron chi connectivity index (χ1n) is 11.2. The number of carbonyl (C=O) groups excluding carboxylic acids is 2. The van der Waals surface area contributed by atoms with Crippen molar-refractivity contribution in [2.24, 2.45) is 21.8 Å². The molecule has 0 aromatic carbocycles. The number of hydrazone groups is 1. The lowest BCUT2D eigenvalue weighted by atomic mass is 9.70. The molecule has 2 aromatic heterocycles. The van der Waals surface area contributed by atoms with Crippen LogP contribution in [-0.2, 0) is 15.3 Å². The Morgan fingerprint density at radius 2 is 2.12 bits per heavy atom. The minimum Gasteiger partial charge on any atom is -0.452 e. The second-order valence-electron chi connectivity index (χ2n) is 9.61. The fourth-order valence-electron chi connectivity index (χ4n) is 4.98. The minimum atomic E-state index is -0.597. The van der Waals surface area contributed by atoms with Crippen LogP contribution < -0.4 is 5.43 Å². The van der Waals surface area contributed by atoms with Gasteiger partial charge in [0.15, 0.2) is 6.61 Å². The van der Waals surface area contributed by atoms with Gasteiger partial charge in [-0.1, -0.05) is 25.9 Å². The number of carbonyl (C=O) groups is 2. The maximum absolute atomic E-state index is 12.6. The molecule has 4 rings (SSSR count). The summed E-state index contributed by atoms with van der Waals surface area (Å²) in [6.45, 7) is 10.1. The van der Waals surface area contributed by atoms with Gasteiger partial charge in [0, 0.05) is 28.6 Å². The number of rotatable bonds is 7. The molecule has 2 aromatic rings. The van der Waals surface area contributed by atoms with Gasteiger partial charge in [-0.15, -0.1) is 11.8 Å². The van der Waals surface area contributed by atoms with Crippen LogP contribution in [0.15, 0.2) is 33.0 Å². The van der Waals surface area contributed by atoms with Crippen LogP contribution in [0.1, 0.15) is 67.4 Å². The van der Waals surface area contributed by atoms with Gasteiger partial charge in [-0.25, -0.2) is 15.2 Å². The Hall–Kier alpha value is -2.68. The van der Waals surface area contributed by atoms with Crippen molar-refractivity contribution in [3.8, 4) is 0 Å². The van der Waals surface area contributed by atoms with Gasteiger partial charge in [0.2, 0.25) is 0 Å². The first-order chi connectivity index (χ1) is 15.6. The average molecular weight is 471 g/mol. The van der Waals surface area contributed by atoms with Crippen molar-refractivity contribution < 1.29 is 18.8 Å². The van der Waals surface area contributed by atoms with Crippen LogP contribution in [0.4, 0.5) is 0 Å². The van der Waals surface area contributed by atoms with Crippen LogP contribution in [0, 0.1) is 30.6 Å². The first kappa shape index (κ1) is 23.5. The molecule has 33 heavy (non-hydrogen) atoms. The standard InChI is InChI=1S/C24H30N4O4S/c1-14-18(15(2)32-28-14)13-33-21-17(7-6-10-25-21)22(30)31-12-20(29)27-26-19-11-16-8-9-24(19,5)23(16,3)4/h6-7,10,16H,8-9,11-13H2,1-5H3,(H,27,29)/b26-19+. The molecule has 2 aliphatic rings. The van der Waals surface area contributed by atoms with E-state index in [9.17, 15) is 9.59 Å². The van der Waals surface area contributed by atoms with Gasteiger partial charge >= 0.3 is 5.97 Å². The molecule has 0 saturated heterocycles. The van der Waals surface area contributed by atoms with Crippen molar-refractivity contribution in [2.75, 3.05) is 6.61 Å². The van der Waals surface area contributed by atoms with Crippen molar-refractivity contribution in [1.82, 2.24) is 15.6 Å². The van der Waals surface area contributed by atoms with Gasteiger partial charge in [-0.05, 0) is 56.6 Å². The van der Waals surface area contributed by atoms with Crippen LogP contribution in [0.5, 0.6) is 0 Å². The summed E-state index contributed by atoms with van der Waals surface area (Å²) < 4.78 is 10.4. The highest BCUT2D eigenvalue weighted by atomic mass is 32.2. The lowest BCUT2D eigenvalue weighted by molar-refractivity contribution is -0.124. The molecule has 0 radical (unpaired) electrons. The molecule has 9 heteroatoms. The molecule has 2 heterocycles. The monoisotopic (exact) mass is 470 g/mol. The van der Waals surface area contributed by atoms with Crippen LogP contribution >= 0.6 is 11.8 Å². The Labute approximate surface area is 197 Å². The summed E-state index contributed by atoms with van der Waals surface area (Å²) in [5.74, 6) is 0.856. The highest BCUT2D eigenvalue weighted by molar-refractivity contribution is 7.98. The molecule has 0 spiro atoms. The second-order valence-corrected chi connectivity index (χ2v) is 10.6. The van der Waals surface area contributed by atoms with Gasteiger partial charge in [-0.2, -0.15) is 5.10 Å². The molecule has 2 bridgehead atoms. The summed E-state index contributed by atoms with van der Waals surface area (Å²) in [6, 6.07) is 3.31. The number of aryl methyl sites for hydroxylation is 2. The Kier molecular flexibility index (Phi) is 6.35. The zero-order valence-corrected chi connectivity index (χ0v) is 20.5. The number of amides is 1. The van der Waals surface area contributed by atoms with Crippen LogP contribution in [-0.4, -0.2) is 34.3 Å². The van der Waals surface area contributed by atoms with E-state index in [1.165, 1.54) is 18.2 Å². The predicted octanol–water partition coefficient (Wildman–Crippen LogP) is 4.45. The largest absolute Gasteiger partial charge is 0.452 e. The third-order valence-electron chi connectivity index (χ3n) is 7.69. The van der Waals surface area contributed by atoms with E-state index in [2.05, 4.69) is 41.4 Å². The van der Waals surface area contributed by atoms with Gasteiger partial charge < -0.3 is 9.26 Å². The fraction of sp³-hybridized carbons (Fsp3) is 0.542. The van der Waals surface area contributed by atoms with Crippen LogP contribution in [0.2, 0.25) is 0 Å². The summed E-state index contributed by atoms with van der Waals surface area (Å²) in [5.41, 5.74) is 5.91. The Bertz CT molecular complexity index is 1090. The number of nitrogens with one attached hydrogen (secondary N) is 1. The normalized spacial score (nSPS) is 24.3. The third-order valence-corrected chi connectivity index (χ3v) is 8.72. The maximum Gasteiger partial charge on any atom is 0.341 e. The molecule has 2 atom stereocenters. The molecular formula is C24H30N4O4S. The van der Waals surface area contributed by atoms with Gasteiger partial charge in [0.05, 0.1) is 11.3 Å². The number of esters is 1. The van der Waals surface area contributed by atoms with Crippen molar-refractivity contribution >= 4 is 29.4 Å². The highest BCUT2D eigenvalue weighted by Crippen LogP contribution is 2.63. The van der Waals surface area contributed by atoms with E-state index < -0.39 is 18.5 Å². The second kappa shape index (κ2) is 8.93. The molecule has 8 nitrogen and oxygen atoms in total. The lowest BCUT2D eigenvalue weighted by Crippen LogP contribution is -2.35. The third kappa shape index (κ3) is 4.30. The van der Waals surface area contributed by atoms with Crippen molar-refractivity contribution in [3.05, 3.63) is 40.9 Å². The quantitative estimate of drug-likeness (QED) is 0.362. The van der Waals surface area contributed by atoms with Crippen LogP contribution in [0.25, 0.3) is 0 Å². The minimum absolute atomic E-state index is 0.00463. The number of thioether (sulfide) groups is 1. The first-order valence-corrected chi connectivity index (χ1v) is 12.1. The molecule has 176 valence electrons. The topological polar surface area (TPSA) is 107 Å². The molecule has 1 amide bonds. The van der Waals surface area contributed by atoms with Gasteiger partial charge in [0.1, 0.15) is 10.8 Å². The summed E-state index contributed by atoms with van der Waals surface area (Å²) >= 11 is 1.39. The Morgan fingerprint density at radius 1 is 1.33 bits per heavy atom. The van der Waals surface area contributed by atoms with E-state index in [4.69, 9.17) is 9.26 Å². The summed E-state index contributed by atoms with van der Waals surface area (Å²) in [6.07, 6.45) is 4.82. The molecule has 2 aliphatic carbocycles. The van der Waals surface area contributed by atoms with E-state index in [0.717, 1.165) is 35.6 Å². The number of nitrogens with zero attached hydrogens (tertiary/aromatic N) is 3. The zero-order valence-electron chi connectivity index (χ0n) is 19.7. The summed E-state index contributed by atoms with van der Waals surface area (Å²) in [7, 11) is 0. The number of ether oxygens (including phenoxy) is 1. The number of hydrogen-bond donors (Lipinski definition) is 1. The molecule has 0 aliphatic heterocycles. The predicted molar refractivity (Wildman–Crippen MR) is 125 cm³/mol. The SMILES string of the molecule is Cc1noc(C)c1CSc1ncccc1C(=O)OCC(=O)N/N=C1\CC2CCC1(C)C2(C)C. The van der Waals surface area contributed by atoms with Crippen molar-refractivity contribution in [2.45, 2.75) is 64.7 Å². The van der Waals surface area contributed by atoms with E-state index in [1.54, 1.807) is 18.3 Å². The zero-order chi connectivity index (χ0) is 23.8. The molecule has 2 unspecified atom stereocenters. The molecule has 1 N–H and O–H groups in total. The lowest BCUT2D eigenvalue weighted by Gasteiger charge is -2.34. The van der Waals surface area contributed by atoms with E-state index in [-0.39, 0.29) is 10.8 Å². The Morgan fingerprint density at radius 3 is 2.76 bits per heavy atom. The maximum atomic E-state index is 12.6. The summed E-state index contributed by atoms with van der Waals surface area (Å²) in [5, 5.41) is 8.89. The number of fused-ring (bicyclic) bond motifs is 2. The molecular weight excluding hydrogens is 440 g/mol. The Balaban J connectivity index is 1.33. The fourth-order valence-corrected chi connectivity index (χ4v) is 6.11. The molecule has 2 saturated carbocycles. The van der Waals surface area contributed by atoms with E-state index in [1.807, 2.05) is 13.8 Å². The van der Waals surface area contributed by atoms with Crippen molar-refractivity contribution in [3.63, 3.8) is 0 Å². The smallest absolute Gasteiger partial charge is 0.341 e. The highest BCUT2D eigenvalue weighted by Gasteiger charge is 2.60. The van der Waals surface area contributed by atoms with Crippen LogP contribution in [0.3, 0.4) is 0 Å². The van der Waals surface area contributed by atoms with Crippen molar-refractivity contribution in [1.29, 1.82) is 0 Å². The average Bonchev–Trinajstić information content (AvgIpc) is 3.30. The summed E-state index contributed by atoms with van der Waals surface area (Å²) in [4.78, 5) is 29.3. The molecule has 2 fully saturated rings. The van der Waals surface area contributed by atoms with E-state index in [0.29, 0.717) is 22.3 Å². The number of aromatic nitrogens is 2.